The quantitative estimate of drug-likeness (QED) is 0.638. The van der Waals surface area contributed by atoms with E-state index in [2.05, 4.69) is 5.32 Å². The van der Waals surface area contributed by atoms with Gasteiger partial charge in [-0.15, -0.1) is 0 Å². The lowest BCUT2D eigenvalue weighted by Crippen LogP contribution is -2.31. The van der Waals surface area contributed by atoms with Crippen LogP contribution < -0.4 is 16.7 Å². The van der Waals surface area contributed by atoms with Crippen LogP contribution in [0.1, 0.15) is 22.3 Å². The number of hydrogen-bond acceptors (Lipinski definition) is 4. The van der Waals surface area contributed by atoms with Crippen LogP contribution in [-0.4, -0.2) is 19.0 Å². The molecule has 5 heteroatoms. The van der Waals surface area contributed by atoms with Gasteiger partial charge in [0.15, 0.2) is 0 Å². The number of carbonyl (C=O) groups excluding carboxylic acids is 1. The third-order valence-corrected chi connectivity index (χ3v) is 2.97. The fraction of sp³-hybridized carbons (Fsp3) is 0.286. The molecule has 0 aliphatic heterocycles. The Hall–Kier alpha value is -2.14. The molecule has 0 saturated heterocycles. The maximum atomic E-state index is 12.0. The molecule has 0 unspecified atom stereocenters. The highest BCUT2D eigenvalue weighted by atomic mass is 16.4. The van der Waals surface area contributed by atoms with E-state index in [0.717, 1.165) is 5.39 Å². The van der Waals surface area contributed by atoms with Crippen LogP contribution in [0, 0.1) is 6.92 Å². The third-order valence-electron chi connectivity index (χ3n) is 2.97. The Morgan fingerprint density at radius 3 is 2.84 bits per heavy atom. The Balaban J connectivity index is 2.43. The lowest BCUT2D eigenvalue weighted by molar-refractivity contribution is 0.0949. The van der Waals surface area contributed by atoms with Crippen LogP contribution in [0.5, 0.6) is 0 Å². The molecule has 1 amide bonds. The average molecular weight is 260 g/mol. The number of hydrogen-bond donors (Lipinski definition) is 2. The number of amides is 1. The number of carbonyl (C=O) groups is 1. The fourth-order valence-electron chi connectivity index (χ4n) is 1.96. The first-order chi connectivity index (χ1) is 9.15. The molecule has 0 bridgehead atoms. The van der Waals surface area contributed by atoms with Crippen LogP contribution in [-0.2, 0) is 0 Å². The minimum absolute atomic E-state index is 0.0655. The summed E-state index contributed by atoms with van der Waals surface area (Å²) in [6, 6.07) is 7.15. The molecular weight excluding hydrogens is 244 g/mol. The van der Waals surface area contributed by atoms with Gasteiger partial charge in [-0.05, 0) is 31.5 Å². The van der Waals surface area contributed by atoms with Gasteiger partial charge < -0.3 is 15.5 Å². The standard InChI is InChI=1S/C14H16N2O3/c1-9-10-5-2-3-6-11(10)19-14(18)12(9)13(17)16-8-4-7-15/h2-3,5-6H,4,7-8,15H2,1H3,(H,16,17). The van der Waals surface area contributed by atoms with E-state index in [9.17, 15) is 9.59 Å². The molecule has 2 rings (SSSR count). The van der Waals surface area contributed by atoms with Gasteiger partial charge in [0.2, 0.25) is 0 Å². The van der Waals surface area contributed by atoms with Crippen molar-refractivity contribution in [2.75, 3.05) is 13.1 Å². The minimum Gasteiger partial charge on any atom is -0.422 e. The molecule has 3 N–H and O–H groups in total. The average Bonchev–Trinajstić information content (AvgIpc) is 2.39. The van der Waals surface area contributed by atoms with Gasteiger partial charge in [-0.1, -0.05) is 18.2 Å². The van der Waals surface area contributed by atoms with Crippen LogP contribution >= 0.6 is 0 Å². The Morgan fingerprint density at radius 2 is 2.11 bits per heavy atom. The molecule has 19 heavy (non-hydrogen) atoms. The maximum absolute atomic E-state index is 12.0. The SMILES string of the molecule is Cc1c(C(=O)NCCCN)c(=O)oc2ccccc12. The van der Waals surface area contributed by atoms with Crippen LogP contribution in [0.3, 0.4) is 0 Å². The van der Waals surface area contributed by atoms with E-state index in [1.54, 1.807) is 19.1 Å². The van der Waals surface area contributed by atoms with Crippen molar-refractivity contribution in [1.82, 2.24) is 5.32 Å². The van der Waals surface area contributed by atoms with Crippen molar-refractivity contribution in [2.45, 2.75) is 13.3 Å². The van der Waals surface area contributed by atoms with Gasteiger partial charge in [0.1, 0.15) is 11.1 Å². The largest absolute Gasteiger partial charge is 0.422 e. The topological polar surface area (TPSA) is 85.3 Å². The molecule has 0 aliphatic rings. The third kappa shape index (κ3) is 2.66. The molecule has 0 spiro atoms. The predicted molar refractivity (Wildman–Crippen MR) is 73.2 cm³/mol. The molecule has 5 nitrogen and oxygen atoms in total. The molecule has 0 atom stereocenters. The summed E-state index contributed by atoms with van der Waals surface area (Å²) in [4.78, 5) is 23.9. The molecule has 2 aromatic rings. The van der Waals surface area contributed by atoms with Crippen LogP contribution in [0.25, 0.3) is 11.0 Å². The fourth-order valence-corrected chi connectivity index (χ4v) is 1.96. The summed E-state index contributed by atoms with van der Waals surface area (Å²) in [5.41, 5.74) is 5.94. The maximum Gasteiger partial charge on any atom is 0.349 e. The number of fused-ring (bicyclic) bond motifs is 1. The van der Waals surface area contributed by atoms with E-state index in [1.165, 1.54) is 0 Å². The molecule has 1 aromatic heterocycles. The van der Waals surface area contributed by atoms with Gasteiger partial charge >= 0.3 is 5.63 Å². The predicted octanol–water partition coefficient (Wildman–Crippen LogP) is 1.18. The summed E-state index contributed by atoms with van der Waals surface area (Å²) in [5.74, 6) is -0.412. The summed E-state index contributed by atoms with van der Waals surface area (Å²) in [6.07, 6.45) is 0.670. The van der Waals surface area contributed by atoms with Crippen molar-refractivity contribution in [3.63, 3.8) is 0 Å². The van der Waals surface area contributed by atoms with Gasteiger partial charge in [0, 0.05) is 11.9 Å². The number of nitrogens with two attached hydrogens (primary N) is 1. The zero-order valence-electron chi connectivity index (χ0n) is 10.7. The van der Waals surface area contributed by atoms with E-state index >= 15 is 0 Å². The highest BCUT2D eigenvalue weighted by molar-refractivity contribution is 5.99. The van der Waals surface area contributed by atoms with Crippen molar-refractivity contribution in [2.24, 2.45) is 5.73 Å². The van der Waals surface area contributed by atoms with E-state index in [0.29, 0.717) is 30.7 Å². The molecule has 100 valence electrons. The van der Waals surface area contributed by atoms with Crippen molar-refractivity contribution >= 4 is 16.9 Å². The number of aryl methyl sites for hydroxylation is 1. The van der Waals surface area contributed by atoms with Crippen LogP contribution in [0.4, 0.5) is 0 Å². The lowest BCUT2D eigenvalue weighted by atomic mass is 10.1. The summed E-state index contributed by atoms with van der Waals surface area (Å²) in [6.45, 7) is 2.68. The summed E-state index contributed by atoms with van der Waals surface area (Å²) in [7, 11) is 0. The second kappa shape index (κ2) is 5.67. The molecule has 1 aromatic carbocycles. The second-order valence-electron chi connectivity index (χ2n) is 4.28. The molecule has 0 aliphatic carbocycles. The minimum atomic E-state index is -0.610. The summed E-state index contributed by atoms with van der Waals surface area (Å²) < 4.78 is 5.16. The monoisotopic (exact) mass is 260 g/mol. The van der Waals surface area contributed by atoms with Gasteiger partial charge in [0.25, 0.3) is 5.91 Å². The summed E-state index contributed by atoms with van der Waals surface area (Å²) >= 11 is 0. The lowest BCUT2D eigenvalue weighted by Gasteiger charge is -2.08. The zero-order chi connectivity index (χ0) is 13.8. The van der Waals surface area contributed by atoms with Crippen molar-refractivity contribution < 1.29 is 9.21 Å². The number of benzene rings is 1. The van der Waals surface area contributed by atoms with Gasteiger partial charge in [-0.2, -0.15) is 0 Å². The van der Waals surface area contributed by atoms with E-state index in [1.807, 2.05) is 12.1 Å². The van der Waals surface area contributed by atoms with Crippen molar-refractivity contribution in [1.29, 1.82) is 0 Å². The molecule has 1 heterocycles. The smallest absolute Gasteiger partial charge is 0.349 e. The molecule has 0 fully saturated rings. The van der Waals surface area contributed by atoms with Crippen molar-refractivity contribution in [3.8, 4) is 0 Å². The van der Waals surface area contributed by atoms with Gasteiger partial charge in [-0.25, -0.2) is 4.79 Å². The Kier molecular flexibility index (Phi) is 3.97. The molecule has 0 radical (unpaired) electrons. The Bertz CT molecular complexity index is 661. The van der Waals surface area contributed by atoms with Gasteiger partial charge in [0.05, 0.1) is 0 Å². The molecule has 0 saturated carbocycles. The van der Waals surface area contributed by atoms with E-state index in [4.69, 9.17) is 10.2 Å². The summed E-state index contributed by atoms with van der Waals surface area (Å²) in [5, 5.41) is 3.44. The highest BCUT2D eigenvalue weighted by Gasteiger charge is 2.17. The first-order valence-electron chi connectivity index (χ1n) is 6.16. The highest BCUT2D eigenvalue weighted by Crippen LogP contribution is 2.18. The van der Waals surface area contributed by atoms with E-state index in [-0.39, 0.29) is 5.56 Å². The van der Waals surface area contributed by atoms with Crippen LogP contribution in [0.15, 0.2) is 33.5 Å². The second-order valence-corrected chi connectivity index (χ2v) is 4.28. The zero-order valence-corrected chi connectivity index (χ0v) is 10.7. The molecular formula is C14H16N2O3. The van der Waals surface area contributed by atoms with Gasteiger partial charge in [-0.3, -0.25) is 4.79 Å². The van der Waals surface area contributed by atoms with Crippen molar-refractivity contribution in [3.05, 3.63) is 45.8 Å². The first kappa shape index (κ1) is 13.3. The van der Waals surface area contributed by atoms with Crippen LogP contribution in [0.2, 0.25) is 0 Å². The number of rotatable bonds is 4. The number of para-hydroxylation sites is 1. The first-order valence-corrected chi connectivity index (χ1v) is 6.16. The Labute approximate surface area is 110 Å². The van der Waals surface area contributed by atoms with E-state index < -0.39 is 11.5 Å². The normalized spacial score (nSPS) is 10.6. The number of nitrogens with one attached hydrogen (secondary N) is 1. The Morgan fingerprint density at radius 1 is 1.37 bits per heavy atom.